The van der Waals surface area contributed by atoms with Crippen molar-refractivity contribution in [1.29, 1.82) is 0 Å². The second-order valence-electron chi connectivity index (χ2n) is 7.28. The summed E-state index contributed by atoms with van der Waals surface area (Å²) >= 11 is 1.37. The van der Waals surface area contributed by atoms with Crippen LogP contribution in [0.15, 0.2) is 84.1 Å². The minimum absolute atomic E-state index is 0.0814. The first-order valence-electron chi connectivity index (χ1n) is 10.6. The number of thioether (sulfide) groups is 1. The van der Waals surface area contributed by atoms with Crippen molar-refractivity contribution in [3.8, 4) is 17.1 Å². The molecule has 0 bridgehead atoms. The summed E-state index contributed by atoms with van der Waals surface area (Å²) in [7, 11) is 1.64. The topological polar surface area (TPSA) is 81.9 Å². The Morgan fingerprint density at radius 3 is 2.58 bits per heavy atom. The summed E-state index contributed by atoms with van der Waals surface area (Å²) in [6.07, 6.45) is 2.53. The van der Waals surface area contributed by atoms with Crippen LogP contribution in [0.1, 0.15) is 11.3 Å². The summed E-state index contributed by atoms with van der Waals surface area (Å²) in [5, 5.41) is 12.4. The molecular formula is C25H25N5O2S. The van der Waals surface area contributed by atoms with Crippen LogP contribution in [-0.4, -0.2) is 38.5 Å². The molecule has 0 aliphatic carbocycles. The number of hydrogen-bond acceptors (Lipinski definition) is 6. The molecule has 8 heteroatoms. The summed E-state index contributed by atoms with van der Waals surface area (Å²) < 4.78 is 7.60. The molecule has 0 fully saturated rings. The van der Waals surface area contributed by atoms with Crippen LogP contribution >= 0.6 is 11.8 Å². The number of pyridine rings is 1. The number of nitrogens with one attached hydrogen (secondary N) is 1. The average molecular weight is 460 g/mol. The van der Waals surface area contributed by atoms with E-state index >= 15 is 0 Å². The van der Waals surface area contributed by atoms with E-state index in [1.54, 1.807) is 13.3 Å². The summed E-state index contributed by atoms with van der Waals surface area (Å²) in [6, 6.07) is 23.7. The molecule has 0 aliphatic heterocycles. The molecule has 1 N–H and O–H groups in total. The Morgan fingerprint density at radius 1 is 1.00 bits per heavy atom. The predicted octanol–water partition coefficient (Wildman–Crippen LogP) is 4.00. The number of para-hydroxylation sites is 1. The van der Waals surface area contributed by atoms with E-state index in [2.05, 4.69) is 37.2 Å². The maximum Gasteiger partial charge on any atom is 0.230 e. The van der Waals surface area contributed by atoms with Gasteiger partial charge < -0.3 is 14.6 Å². The van der Waals surface area contributed by atoms with Gasteiger partial charge in [-0.15, -0.1) is 10.2 Å². The molecular weight excluding hydrogens is 434 g/mol. The Hall–Kier alpha value is -3.65. The van der Waals surface area contributed by atoms with E-state index < -0.39 is 0 Å². The molecule has 0 saturated heterocycles. The molecule has 7 nitrogen and oxygen atoms in total. The van der Waals surface area contributed by atoms with E-state index in [0.29, 0.717) is 18.2 Å². The third kappa shape index (κ3) is 5.98. The molecule has 33 heavy (non-hydrogen) atoms. The first-order chi connectivity index (χ1) is 16.2. The van der Waals surface area contributed by atoms with E-state index in [0.717, 1.165) is 29.3 Å². The van der Waals surface area contributed by atoms with Crippen molar-refractivity contribution in [3.05, 3.63) is 90.3 Å². The smallest absolute Gasteiger partial charge is 0.230 e. The van der Waals surface area contributed by atoms with Gasteiger partial charge in [-0.05, 0) is 36.2 Å². The van der Waals surface area contributed by atoms with Gasteiger partial charge in [0.15, 0.2) is 11.0 Å². The summed E-state index contributed by atoms with van der Waals surface area (Å²) in [4.78, 5) is 16.7. The quantitative estimate of drug-likeness (QED) is 0.361. The van der Waals surface area contributed by atoms with E-state index in [1.807, 2.05) is 60.7 Å². The zero-order valence-electron chi connectivity index (χ0n) is 18.3. The van der Waals surface area contributed by atoms with Gasteiger partial charge in [-0.1, -0.05) is 60.3 Å². The van der Waals surface area contributed by atoms with Gasteiger partial charge in [0.25, 0.3) is 0 Å². The second kappa shape index (κ2) is 11.3. The highest BCUT2D eigenvalue weighted by Crippen LogP contribution is 2.31. The molecule has 4 aromatic rings. The first kappa shape index (κ1) is 22.5. The Bertz CT molecular complexity index is 1180. The van der Waals surface area contributed by atoms with Crippen LogP contribution in [0.25, 0.3) is 11.4 Å². The standard InChI is InChI=1S/C25H25N5O2S/c1-32-22-13-6-5-12-21(22)24-28-29-25(30(24)16-14-19-9-3-2-4-10-19)33-18-23(31)27-17-20-11-7-8-15-26-20/h2-13,15H,14,16-18H2,1H3,(H,27,31). The largest absolute Gasteiger partial charge is 0.496 e. The number of aromatic nitrogens is 4. The number of hydrogen-bond donors (Lipinski definition) is 1. The Morgan fingerprint density at radius 2 is 1.79 bits per heavy atom. The first-order valence-corrected chi connectivity index (χ1v) is 11.6. The third-order valence-electron chi connectivity index (χ3n) is 5.06. The van der Waals surface area contributed by atoms with Gasteiger partial charge in [-0.2, -0.15) is 0 Å². The highest BCUT2D eigenvalue weighted by Gasteiger charge is 2.18. The molecule has 0 aliphatic rings. The van der Waals surface area contributed by atoms with Gasteiger partial charge in [0.2, 0.25) is 5.91 Å². The maximum absolute atomic E-state index is 12.4. The lowest BCUT2D eigenvalue weighted by molar-refractivity contribution is -0.118. The van der Waals surface area contributed by atoms with Gasteiger partial charge in [-0.25, -0.2) is 0 Å². The highest BCUT2D eigenvalue weighted by atomic mass is 32.2. The lowest BCUT2D eigenvalue weighted by atomic mass is 10.1. The average Bonchev–Trinajstić information content (AvgIpc) is 3.28. The molecule has 0 spiro atoms. The zero-order valence-corrected chi connectivity index (χ0v) is 19.2. The normalized spacial score (nSPS) is 10.7. The van der Waals surface area contributed by atoms with Crippen molar-refractivity contribution in [2.24, 2.45) is 0 Å². The Labute approximate surface area is 197 Å². The number of rotatable bonds is 10. The summed E-state index contributed by atoms with van der Waals surface area (Å²) in [5.74, 6) is 1.61. The Kier molecular flexibility index (Phi) is 7.71. The number of nitrogens with zero attached hydrogens (tertiary/aromatic N) is 4. The van der Waals surface area contributed by atoms with Crippen LogP contribution in [0.4, 0.5) is 0 Å². The van der Waals surface area contributed by atoms with Gasteiger partial charge in [-0.3, -0.25) is 9.78 Å². The molecule has 2 aromatic heterocycles. The molecule has 0 atom stereocenters. The minimum Gasteiger partial charge on any atom is -0.496 e. The van der Waals surface area contributed by atoms with Crippen LogP contribution < -0.4 is 10.1 Å². The van der Waals surface area contributed by atoms with Crippen LogP contribution in [0.5, 0.6) is 5.75 Å². The van der Waals surface area contributed by atoms with Gasteiger partial charge in [0.05, 0.1) is 30.7 Å². The van der Waals surface area contributed by atoms with Crippen molar-refractivity contribution in [2.75, 3.05) is 12.9 Å². The van der Waals surface area contributed by atoms with Crippen LogP contribution in [0.2, 0.25) is 0 Å². The Balaban J connectivity index is 1.50. The minimum atomic E-state index is -0.0814. The number of aryl methyl sites for hydroxylation is 1. The number of benzene rings is 2. The van der Waals surface area contributed by atoms with Gasteiger partial charge in [0, 0.05) is 12.7 Å². The number of amides is 1. The van der Waals surface area contributed by atoms with E-state index in [4.69, 9.17) is 4.74 Å². The monoisotopic (exact) mass is 459 g/mol. The summed E-state index contributed by atoms with van der Waals surface area (Å²) in [6.45, 7) is 1.08. The molecule has 1 amide bonds. The van der Waals surface area contributed by atoms with Crippen LogP contribution in [-0.2, 0) is 24.3 Å². The third-order valence-corrected chi connectivity index (χ3v) is 6.02. The van der Waals surface area contributed by atoms with E-state index in [9.17, 15) is 4.79 Å². The highest BCUT2D eigenvalue weighted by molar-refractivity contribution is 7.99. The predicted molar refractivity (Wildman–Crippen MR) is 129 cm³/mol. The molecule has 2 aromatic carbocycles. The van der Waals surface area contributed by atoms with Crippen LogP contribution in [0, 0.1) is 0 Å². The lowest BCUT2D eigenvalue weighted by Crippen LogP contribution is -2.25. The number of carbonyl (C=O) groups excluding carboxylic acids is 1. The van der Waals surface area contributed by atoms with E-state index in [-0.39, 0.29) is 11.7 Å². The molecule has 168 valence electrons. The molecule has 0 unspecified atom stereocenters. The SMILES string of the molecule is COc1ccccc1-c1nnc(SCC(=O)NCc2ccccn2)n1CCc1ccccc1. The number of methoxy groups -OCH3 is 1. The molecule has 2 heterocycles. The molecule has 4 rings (SSSR count). The van der Waals surface area contributed by atoms with Crippen molar-refractivity contribution < 1.29 is 9.53 Å². The number of ether oxygens (including phenoxy) is 1. The summed E-state index contributed by atoms with van der Waals surface area (Å²) in [5.41, 5.74) is 2.91. The fraction of sp³-hybridized carbons (Fsp3) is 0.200. The number of carbonyl (C=O) groups is 1. The second-order valence-corrected chi connectivity index (χ2v) is 8.22. The van der Waals surface area contributed by atoms with Gasteiger partial charge >= 0.3 is 0 Å². The van der Waals surface area contributed by atoms with Gasteiger partial charge in [0.1, 0.15) is 5.75 Å². The fourth-order valence-electron chi connectivity index (χ4n) is 3.38. The van der Waals surface area contributed by atoms with Crippen LogP contribution in [0.3, 0.4) is 0 Å². The molecule has 0 saturated carbocycles. The molecule has 0 radical (unpaired) electrons. The van der Waals surface area contributed by atoms with Crippen molar-refractivity contribution in [2.45, 2.75) is 24.7 Å². The maximum atomic E-state index is 12.4. The van der Waals surface area contributed by atoms with Crippen molar-refractivity contribution in [3.63, 3.8) is 0 Å². The fourth-order valence-corrected chi connectivity index (χ4v) is 4.18. The van der Waals surface area contributed by atoms with E-state index in [1.165, 1.54) is 17.3 Å². The zero-order chi connectivity index (χ0) is 22.9. The van der Waals surface area contributed by atoms with Crippen molar-refractivity contribution >= 4 is 17.7 Å². The lowest BCUT2D eigenvalue weighted by Gasteiger charge is -2.12. The van der Waals surface area contributed by atoms with Crippen molar-refractivity contribution in [1.82, 2.24) is 25.1 Å².